The maximum Gasteiger partial charge on any atom is 0.289 e. The summed E-state index contributed by atoms with van der Waals surface area (Å²) in [6, 6.07) is 1.63. The van der Waals surface area contributed by atoms with Crippen molar-refractivity contribution < 1.29 is 9.32 Å². The Balaban J connectivity index is 2.42. The van der Waals surface area contributed by atoms with E-state index in [1.807, 2.05) is 0 Å². The van der Waals surface area contributed by atoms with Crippen LogP contribution in [-0.4, -0.2) is 23.5 Å². The van der Waals surface area contributed by atoms with E-state index in [2.05, 4.69) is 24.3 Å². The van der Waals surface area contributed by atoms with Gasteiger partial charge < -0.3 is 9.84 Å². The van der Waals surface area contributed by atoms with Crippen LogP contribution in [-0.2, 0) is 0 Å². The van der Waals surface area contributed by atoms with Crippen molar-refractivity contribution >= 4 is 17.5 Å². The Morgan fingerprint density at radius 3 is 2.82 bits per heavy atom. The second-order valence-electron chi connectivity index (χ2n) is 4.97. The summed E-state index contributed by atoms with van der Waals surface area (Å²) in [5, 5.41) is 6.52. The second-order valence-corrected chi connectivity index (χ2v) is 5.35. The molecule has 0 aromatic carbocycles. The van der Waals surface area contributed by atoms with Crippen molar-refractivity contribution in [1.29, 1.82) is 0 Å². The highest BCUT2D eigenvalue weighted by molar-refractivity contribution is 6.17. The topological polar surface area (TPSA) is 55.1 Å². The number of aromatic nitrogens is 1. The summed E-state index contributed by atoms with van der Waals surface area (Å²) < 4.78 is 4.89. The molecular formula is C12H19ClN2O2. The minimum atomic E-state index is -0.218. The van der Waals surface area contributed by atoms with Crippen LogP contribution in [0.4, 0.5) is 0 Å². The maximum atomic E-state index is 11.7. The van der Waals surface area contributed by atoms with Gasteiger partial charge in [0.2, 0.25) is 5.76 Å². The zero-order valence-corrected chi connectivity index (χ0v) is 11.3. The summed E-state index contributed by atoms with van der Waals surface area (Å²) in [4.78, 5) is 11.7. The fourth-order valence-electron chi connectivity index (χ4n) is 1.51. The van der Waals surface area contributed by atoms with E-state index in [-0.39, 0.29) is 17.1 Å². The van der Waals surface area contributed by atoms with Crippen molar-refractivity contribution in [3.63, 3.8) is 0 Å². The van der Waals surface area contributed by atoms with Crippen LogP contribution in [0.25, 0.3) is 0 Å². The summed E-state index contributed by atoms with van der Waals surface area (Å²) in [5.74, 6) is 0.693. The SMILES string of the molecule is Cc1cc(C(=O)NCC(C)(C)CCCCl)on1. The predicted molar refractivity (Wildman–Crippen MR) is 67.3 cm³/mol. The van der Waals surface area contributed by atoms with E-state index in [1.54, 1.807) is 13.0 Å². The number of alkyl halides is 1. The van der Waals surface area contributed by atoms with E-state index in [9.17, 15) is 4.79 Å². The van der Waals surface area contributed by atoms with Crippen LogP contribution in [0.15, 0.2) is 10.6 Å². The smallest absolute Gasteiger partial charge is 0.289 e. The molecule has 1 aromatic heterocycles. The van der Waals surface area contributed by atoms with E-state index in [4.69, 9.17) is 16.1 Å². The number of nitrogens with one attached hydrogen (secondary N) is 1. The van der Waals surface area contributed by atoms with Gasteiger partial charge in [-0.15, -0.1) is 11.6 Å². The summed E-state index contributed by atoms with van der Waals surface area (Å²) in [6.45, 7) is 6.59. The summed E-state index contributed by atoms with van der Waals surface area (Å²) in [7, 11) is 0. The lowest BCUT2D eigenvalue weighted by molar-refractivity contribution is 0.0897. The van der Waals surface area contributed by atoms with Crippen molar-refractivity contribution in [2.45, 2.75) is 33.6 Å². The molecule has 0 radical (unpaired) electrons. The molecule has 0 saturated carbocycles. The molecule has 5 heteroatoms. The number of nitrogens with zero attached hydrogens (tertiary/aromatic N) is 1. The minimum absolute atomic E-state index is 0.0413. The van der Waals surface area contributed by atoms with E-state index in [1.165, 1.54) is 0 Å². The minimum Gasteiger partial charge on any atom is -0.351 e. The number of halogens is 1. The molecule has 0 atom stereocenters. The standard InChI is InChI=1S/C12H19ClN2O2/c1-9-7-10(17-15-9)11(16)14-8-12(2,3)5-4-6-13/h7H,4-6,8H2,1-3H3,(H,14,16). The van der Waals surface area contributed by atoms with Gasteiger partial charge in [-0.1, -0.05) is 19.0 Å². The Hall–Kier alpha value is -1.03. The third kappa shape index (κ3) is 4.77. The van der Waals surface area contributed by atoms with Gasteiger partial charge in [-0.05, 0) is 25.2 Å². The maximum absolute atomic E-state index is 11.7. The highest BCUT2D eigenvalue weighted by atomic mass is 35.5. The highest BCUT2D eigenvalue weighted by Gasteiger charge is 2.20. The average Bonchev–Trinajstić information content (AvgIpc) is 2.70. The van der Waals surface area contributed by atoms with Gasteiger partial charge in [0.1, 0.15) is 0 Å². The number of amides is 1. The molecule has 1 rings (SSSR count). The molecule has 0 bridgehead atoms. The van der Waals surface area contributed by atoms with Crippen LogP contribution in [0.3, 0.4) is 0 Å². The lowest BCUT2D eigenvalue weighted by atomic mass is 9.88. The number of hydrogen-bond donors (Lipinski definition) is 1. The number of hydrogen-bond acceptors (Lipinski definition) is 3. The lowest BCUT2D eigenvalue weighted by Crippen LogP contribution is -2.33. The van der Waals surface area contributed by atoms with Gasteiger partial charge in [0.05, 0.1) is 5.69 Å². The molecule has 0 aliphatic rings. The Kier molecular flexibility index (Phi) is 5.00. The largest absolute Gasteiger partial charge is 0.351 e. The highest BCUT2D eigenvalue weighted by Crippen LogP contribution is 2.21. The summed E-state index contributed by atoms with van der Waals surface area (Å²) >= 11 is 5.66. The average molecular weight is 259 g/mol. The van der Waals surface area contributed by atoms with Crippen LogP contribution < -0.4 is 5.32 Å². The number of carbonyl (C=O) groups excluding carboxylic acids is 1. The third-order valence-electron chi connectivity index (χ3n) is 2.57. The summed E-state index contributed by atoms with van der Waals surface area (Å²) in [5.41, 5.74) is 0.746. The van der Waals surface area contributed by atoms with Crippen molar-refractivity contribution in [3.8, 4) is 0 Å². The molecule has 0 fully saturated rings. The first-order chi connectivity index (χ1) is 7.94. The molecule has 0 saturated heterocycles. The molecule has 4 nitrogen and oxygen atoms in total. The van der Waals surface area contributed by atoms with Gasteiger partial charge in [-0.2, -0.15) is 0 Å². The normalized spacial score (nSPS) is 11.5. The molecule has 0 aliphatic heterocycles. The van der Waals surface area contributed by atoms with Gasteiger partial charge in [0, 0.05) is 18.5 Å². The molecule has 17 heavy (non-hydrogen) atoms. The van der Waals surface area contributed by atoms with Crippen LogP contribution in [0.2, 0.25) is 0 Å². The van der Waals surface area contributed by atoms with Gasteiger partial charge in [0.25, 0.3) is 5.91 Å². The second kappa shape index (κ2) is 6.05. The van der Waals surface area contributed by atoms with E-state index in [0.717, 1.165) is 12.8 Å². The van der Waals surface area contributed by atoms with Gasteiger partial charge >= 0.3 is 0 Å². The van der Waals surface area contributed by atoms with Gasteiger partial charge in [-0.3, -0.25) is 4.79 Å². The Labute approximate surface area is 107 Å². The van der Waals surface area contributed by atoms with Crippen LogP contribution in [0.5, 0.6) is 0 Å². The van der Waals surface area contributed by atoms with Crippen LogP contribution in [0.1, 0.15) is 42.9 Å². The monoisotopic (exact) mass is 258 g/mol. The molecule has 1 amide bonds. The molecular weight excluding hydrogens is 240 g/mol. The number of rotatable bonds is 6. The molecule has 0 aliphatic carbocycles. The van der Waals surface area contributed by atoms with Crippen molar-refractivity contribution in [2.75, 3.05) is 12.4 Å². The Morgan fingerprint density at radius 1 is 1.59 bits per heavy atom. The van der Waals surface area contributed by atoms with Crippen LogP contribution in [0, 0.1) is 12.3 Å². The predicted octanol–water partition coefficient (Wildman–Crippen LogP) is 2.76. The number of carbonyl (C=O) groups is 1. The van der Waals surface area contributed by atoms with Crippen LogP contribution >= 0.6 is 11.6 Å². The first-order valence-electron chi connectivity index (χ1n) is 5.72. The van der Waals surface area contributed by atoms with E-state index < -0.39 is 0 Å². The molecule has 0 unspecified atom stereocenters. The van der Waals surface area contributed by atoms with E-state index >= 15 is 0 Å². The molecule has 1 aromatic rings. The van der Waals surface area contributed by atoms with Crippen molar-refractivity contribution in [3.05, 3.63) is 17.5 Å². The van der Waals surface area contributed by atoms with Gasteiger partial charge in [0.15, 0.2) is 0 Å². The first kappa shape index (κ1) is 14.0. The zero-order valence-electron chi connectivity index (χ0n) is 10.5. The molecule has 0 spiro atoms. The lowest BCUT2D eigenvalue weighted by Gasteiger charge is -2.24. The number of aryl methyl sites for hydroxylation is 1. The van der Waals surface area contributed by atoms with E-state index in [0.29, 0.717) is 18.1 Å². The Morgan fingerprint density at radius 2 is 2.29 bits per heavy atom. The molecule has 1 heterocycles. The fraction of sp³-hybridized carbons (Fsp3) is 0.667. The van der Waals surface area contributed by atoms with Crippen molar-refractivity contribution in [2.24, 2.45) is 5.41 Å². The molecule has 96 valence electrons. The third-order valence-corrected chi connectivity index (χ3v) is 2.83. The Bertz CT molecular complexity index is 374. The van der Waals surface area contributed by atoms with Gasteiger partial charge in [-0.25, -0.2) is 0 Å². The quantitative estimate of drug-likeness (QED) is 0.799. The molecule has 1 N–H and O–H groups in total. The van der Waals surface area contributed by atoms with Crippen molar-refractivity contribution in [1.82, 2.24) is 10.5 Å². The fourth-order valence-corrected chi connectivity index (χ4v) is 1.64. The zero-order chi connectivity index (χ0) is 12.9. The first-order valence-corrected chi connectivity index (χ1v) is 6.25. The summed E-state index contributed by atoms with van der Waals surface area (Å²) in [6.07, 6.45) is 1.93.